The second kappa shape index (κ2) is 9.83. The van der Waals surface area contributed by atoms with Gasteiger partial charge in [-0.3, -0.25) is 4.79 Å². The molecule has 1 heterocycles. The van der Waals surface area contributed by atoms with Crippen LogP contribution in [0.4, 0.5) is 0 Å². The van der Waals surface area contributed by atoms with Crippen LogP contribution >= 0.6 is 11.3 Å². The molecule has 1 aromatic heterocycles. The van der Waals surface area contributed by atoms with Gasteiger partial charge in [0.05, 0.1) is 37.8 Å². The van der Waals surface area contributed by atoms with Crippen LogP contribution in [0.3, 0.4) is 0 Å². The van der Waals surface area contributed by atoms with Crippen LogP contribution in [-0.4, -0.2) is 43.8 Å². The number of benzene rings is 1. The van der Waals surface area contributed by atoms with Crippen molar-refractivity contribution in [1.29, 1.82) is 0 Å². The Hall–Kier alpha value is -2.38. The second-order valence-corrected chi connectivity index (χ2v) is 9.66. The highest BCUT2D eigenvalue weighted by Gasteiger charge is 2.47. The predicted octanol–water partition coefficient (Wildman–Crippen LogP) is 5.22. The van der Waals surface area contributed by atoms with Crippen LogP contribution in [0.1, 0.15) is 45.4 Å². The van der Waals surface area contributed by atoms with Crippen molar-refractivity contribution in [2.24, 2.45) is 11.3 Å². The third kappa shape index (κ3) is 5.28. The number of rotatable bonds is 10. The molecule has 2 unspecified atom stereocenters. The van der Waals surface area contributed by atoms with E-state index in [0.29, 0.717) is 24.2 Å². The number of aromatic hydroxyl groups is 1. The van der Waals surface area contributed by atoms with E-state index in [1.54, 1.807) is 12.1 Å². The highest BCUT2D eigenvalue weighted by Crippen LogP contribution is 2.47. The van der Waals surface area contributed by atoms with E-state index in [9.17, 15) is 14.7 Å². The molecule has 170 valence electrons. The smallest absolute Gasteiger partial charge is 0.310 e. The fourth-order valence-corrected chi connectivity index (χ4v) is 4.68. The van der Waals surface area contributed by atoms with Gasteiger partial charge in [0.2, 0.25) is 0 Å². The number of phenols is 1. The zero-order valence-corrected chi connectivity index (χ0v) is 19.9. The van der Waals surface area contributed by atoms with Gasteiger partial charge in [-0.2, -0.15) is 0 Å². The highest BCUT2D eigenvalue weighted by molar-refractivity contribution is 7.20. The molecule has 0 radical (unpaired) electrons. The average Bonchev–Trinajstić information content (AvgIpc) is 3.13. The molecule has 0 spiro atoms. The molecule has 7 heteroatoms. The molecule has 0 aliphatic carbocycles. The SMILES string of the molecule is C=C(c1cc2cc(OC)c(O)cc2s1)C(C=O)(COC(C)(C)C)C(CCC)C(=O)OC. The molecular formula is C24H32O6S. The molecule has 0 saturated carbocycles. The van der Waals surface area contributed by atoms with Crippen molar-refractivity contribution in [2.75, 3.05) is 20.8 Å². The van der Waals surface area contributed by atoms with Gasteiger partial charge in [-0.05, 0) is 50.3 Å². The number of thiophene rings is 1. The number of ether oxygens (including phenoxy) is 3. The number of esters is 1. The minimum absolute atomic E-state index is 0.00141. The first kappa shape index (κ1) is 24.9. The average molecular weight is 449 g/mol. The predicted molar refractivity (Wildman–Crippen MR) is 124 cm³/mol. The minimum Gasteiger partial charge on any atom is -0.504 e. The van der Waals surface area contributed by atoms with E-state index in [1.807, 2.05) is 33.8 Å². The summed E-state index contributed by atoms with van der Waals surface area (Å²) in [5, 5.41) is 11.0. The van der Waals surface area contributed by atoms with Crippen LogP contribution in [0, 0.1) is 11.3 Å². The normalized spacial score (nSPS) is 14.6. The number of phenolic OH excluding ortho intramolecular Hbond substituents is 1. The van der Waals surface area contributed by atoms with E-state index < -0.39 is 22.9 Å². The van der Waals surface area contributed by atoms with Gasteiger partial charge in [0, 0.05) is 15.6 Å². The van der Waals surface area contributed by atoms with Crippen LogP contribution in [0.15, 0.2) is 24.8 Å². The molecule has 6 nitrogen and oxygen atoms in total. The Balaban J connectivity index is 2.63. The summed E-state index contributed by atoms with van der Waals surface area (Å²) in [6.07, 6.45) is 1.92. The summed E-state index contributed by atoms with van der Waals surface area (Å²) in [4.78, 5) is 26.1. The summed E-state index contributed by atoms with van der Waals surface area (Å²) in [6, 6.07) is 5.24. The summed E-state index contributed by atoms with van der Waals surface area (Å²) < 4.78 is 17.1. The highest BCUT2D eigenvalue weighted by atomic mass is 32.1. The van der Waals surface area contributed by atoms with E-state index in [1.165, 1.54) is 25.6 Å². The lowest BCUT2D eigenvalue weighted by molar-refractivity contribution is -0.155. The largest absolute Gasteiger partial charge is 0.504 e. The van der Waals surface area contributed by atoms with E-state index in [4.69, 9.17) is 14.2 Å². The van der Waals surface area contributed by atoms with Crippen molar-refractivity contribution in [1.82, 2.24) is 0 Å². The fraction of sp³-hybridized carbons (Fsp3) is 0.500. The standard InChI is InChI=1S/C24H32O6S/c1-8-9-17(22(27)29-7)24(13-25,14-30-23(3,4)5)15(2)20-11-16-10-19(28-6)18(26)12-21(16)31-20/h10-13,17,26H,2,8-9,14H2,1,3-7H3. The molecule has 0 bridgehead atoms. The zero-order chi connectivity index (χ0) is 23.4. The molecule has 0 aliphatic heterocycles. The van der Waals surface area contributed by atoms with Crippen molar-refractivity contribution in [2.45, 2.75) is 46.1 Å². The Labute approximate surface area is 187 Å². The van der Waals surface area contributed by atoms with Gasteiger partial charge in [-0.1, -0.05) is 19.9 Å². The van der Waals surface area contributed by atoms with Crippen LogP contribution in [0.2, 0.25) is 0 Å². The van der Waals surface area contributed by atoms with Gasteiger partial charge in [0.1, 0.15) is 6.29 Å². The van der Waals surface area contributed by atoms with Gasteiger partial charge in [-0.25, -0.2) is 0 Å². The molecule has 0 amide bonds. The number of fused-ring (bicyclic) bond motifs is 1. The molecule has 31 heavy (non-hydrogen) atoms. The van der Waals surface area contributed by atoms with Crippen LogP contribution in [0.25, 0.3) is 15.7 Å². The minimum atomic E-state index is -1.29. The van der Waals surface area contributed by atoms with Crippen molar-refractivity contribution >= 4 is 39.3 Å². The third-order valence-corrected chi connectivity index (χ3v) is 6.47. The molecule has 0 aliphatic rings. The van der Waals surface area contributed by atoms with Crippen molar-refractivity contribution in [3.05, 3.63) is 29.7 Å². The van der Waals surface area contributed by atoms with Gasteiger partial charge in [-0.15, -0.1) is 11.3 Å². The first-order chi connectivity index (χ1) is 14.5. The van der Waals surface area contributed by atoms with Gasteiger partial charge < -0.3 is 24.1 Å². The molecule has 2 aromatic rings. The van der Waals surface area contributed by atoms with Gasteiger partial charge in [0.15, 0.2) is 11.5 Å². The maximum absolute atomic E-state index is 12.7. The fourth-order valence-electron chi connectivity index (χ4n) is 3.53. The van der Waals surface area contributed by atoms with E-state index >= 15 is 0 Å². The first-order valence-corrected chi connectivity index (χ1v) is 11.0. The summed E-state index contributed by atoms with van der Waals surface area (Å²) in [5.41, 5.74) is -1.31. The molecule has 2 rings (SSSR count). The van der Waals surface area contributed by atoms with Gasteiger partial charge >= 0.3 is 5.97 Å². The number of hydrogen-bond acceptors (Lipinski definition) is 7. The Morgan fingerprint density at radius 1 is 1.26 bits per heavy atom. The number of hydrogen-bond donors (Lipinski definition) is 1. The maximum Gasteiger partial charge on any atom is 0.310 e. The monoisotopic (exact) mass is 448 g/mol. The topological polar surface area (TPSA) is 82.1 Å². The van der Waals surface area contributed by atoms with E-state index in [0.717, 1.165) is 21.2 Å². The van der Waals surface area contributed by atoms with Crippen molar-refractivity contribution in [3.63, 3.8) is 0 Å². The van der Waals surface area contributed by atoms with Crippen molar-refractivity contribution < 1.29 is 28.9 Å². The van der Waals surface area contributed by atoms with Crippen molar-refractivity contribution in [3.8, 4) is 11.5 Å². The van der Waals surface area contributed by atoms with E-state index in [2.05, 4.69) is 6.58 Å². The number of methoxy groups -OCH3 is 2. The Kier molecular flexibility index (Phi) is 7.89. The number of carbonyl (C=O) groups is 2. The molecule has 1 aromatic carbocycles. The van der Waals surface area contributed by atoms with Crippen LogP contribution in [-0.2, 0) is 19.1 Å². The lowest BCUT2D eigenvalue weighted by Gasteiger charge is -2.38. The summed E-state index contributed by atoms with van der Waals surface area (Å²) in [6.45, 7) is 11.9. The molecular weight excluding hydrogens is 416 g/mol. The summed E-state index contributed by atoms with van der Waals surface area (Å²) in [5.74, 6) is -0.806. The molecule has 0 fully saturated rings. The van der Waals surface area contributed by atoms with Crippen LogP contribution < -0.4 is 4.74 Å². The maximum atomic E-state index is 12.7. The first-order valence-electron chi connectivity index (χ1n) is 10.2. The lowest BCUT2D eigenvalue weighted by Crippen LogP contribution is -2.44. The Bertz CT molecular complexity index is 955. The molecule has 0 saturated heterocycles. The molecule has 2 atom stereocenters. The third-order valence-electron chi connectivity index (χ3n) is 5.32. The zero-order valence-electron chi connectivity index (χ0n) is 19.1. The summed E-state index contributed by atoms with van der Waals surface area (Å²) in [7, 11) is 2.81. The molecule has 1 N–H and O–H groups in total. The van der Waals surface area contributed by atoms with E-state index in [-0.39, 0.29) is 12.4 Å². The number of aldehydes is 1. The second-order valence-electron chi connectivity index (χ2n) is 8.57. The Morgan fingerprint density at radius 2 is 1.94 bits per heavy atom. The van der Waals surface area contributed by atoms with Crippen LogP contribution in [0.5, 0.6) is 11.5 Å². The van der Waals surface area contributed by atoms with Gasteiger partial charge in [0.25, 0.3) is 0 Å². The summed E-state index contributed by atoms with van der Waals surface area (Å²) >= 11 is 1.39. The lowest BCUT2D eigenvalue weighted by atomic mass is 9.69. The number of carbonyl (C=O) groups excluding carboxylic acids is 2. The quantitative estimate of drug-likeness (QED) is 0.396. The Morgan fingerprint density at radius 3 is 2.45 bits per heavy atom.